The minimum atomic E-state index is -0.180. The molecule has 0 saturated heterocycles. The van der Waals surface area contributed by atoms with Crippen LogP contribution in [-0.2, 0) is 11.3 Å². The standard InChI is InChI=1S/C21H22N6O3S/c1-13-12-31-19(24-13)14(2)26(3)20(28)15-10-23-27(17(15)11-29-4)21-22-8-7-16(25-21)18-6-5-9-30-18/h5-10,12,14H,11H2,1-4H3/t14-/m1/s1. The van der Waals surface area contributed by atoms with E-state index >= 15 is 0 Å². The van der Waals surface area contributed by atoms with Crippen LogP contribution in [0.3, 0.4) is 0 Å². The number of ether oxygens (including phenoxy) is 1. The smallest absolute Gasteiger partial charge is 0.257 e. The molecule has 4 heterocycles. The maximum Gasteiger partial charge on any atom is 0.257 e. The maximum absolute atomic E-state index is 13.3. The number of rotatable bonds is 7. The zero-order valence-corrected chi connectivity index (χ0v) is 18.5. The van der Waals surface area contributed by atoms with Gasteiger partial charge in [-0.15, -0.1) is 11.3 Å². The van der Waals surface area contributed by atoms with Crippen molar-refractivity contribution in [2.24, 2.45) is 0 Å². The molecule has 4 aromatic rings. The Kier molecular flexibility index (Phi) is 5.92. The van der Waals surface area contributed by atoms with Crippen LogP contribution in [0, 0.1) is 6.92 Å². The zero-order valence-electron chi connectivity index (χ0n) is 17.6. The molecule has 0 spiro atoms. The van der Waals surface area contributed by atoms with Crippen molar-refractivity contribution in [1.82, 2.24) is 29.6 Å². The Morgan fingerprint density at radius 3 is 2.87 bits per heavy atom. The SMILES string of the molecule is COCc1c(C(=O)N(C)[C@H](C)c2nc(C)cs2)cnn1-c1nccc(-c2ccco2)n1. The molecule has 0 bridgehead atoms. The number of carbonyl (C=O) groups excluding carboxylic acids is 1. The number of methoxy groups -OCH3 is 1. The normalized spacial score (nSPS) is 12.1. The van der Waals surface area contributed by atoms with Gasteiger partial charge in [0.05, 0.1) is 36.4 Å². The van der Waals surface area contributed by atoms with E-state index in [9.17, 15) is 4.79 Å². The molecule has 0 aliphatic heterocycles. The third kappa shape index (κ3) is 4.12. The van der Waals surface area contributed by atoms with Crippen molar-refractivity contribution in [3.63, 3.8) is 0 Å². The summed E-state index contributed by atoms with van der Waals surface area (Å²) in [7, 11) is 3.32. The topological polar surface area (TPSA) is 99.2 Å². The van der Waals surface area contributed by atoms with E-state index in [-0.39, 0.29) is 18.6 Å². The predicted molar refractivity (Wildman–Crippen MR) is 115 cm³/mol. The highest BCUT2D eigenvalue weighted by Gasteiger charge is 2.26. The molecule has 1 amide bonds. The first-order valence-corrected chi connectivity index (χ1v) is 10.5. The largest absolute Gasteiger partial charge is 0.463 e. The van der Waals surface area contributed by atoms with Crippen LogP contribution in [0.5, 0.6) is 0 Å². The molecule has 31 heavy (non-hydrogen) atoms. The van der Waals surface area contributed by atoms with E-state index in [0.29, 0.717) is 28.7 Å². The lowest BCUT2D eigenvalue weighted by molar-refractivity contribution is 0.0737. The summed E-state index contributed by atoms with van der Waals surface area (Å²) in [6, 6.07) is 5.18. The Hall–Kier alpha value is -3.37. The first-order valence-electron chi connectivity index (χ1n) is 9.62. The molecule has 0 saturated carbocycles. The number of nitrogens with zero attached hydrogens (tertiary/aromatic N) is 6. The Balaban J connectivity index is 1.68. The van der Waals surface area contributed by atoms with Crippen molar-refractivity contribution in [2.45, 2.75) is 26.5 Å². The van der Waals surface area contributed by atoms with Crippen molar-refractivity contribution < 1.29 is 13.9 Å². The van der Waals surface area contributed by atoms with Crippen molar-refractivity contribution in [3.05, 3.63) is 64.2 Å². The summed E-state index contributed by atoms with van der Waals surface area (Å²) < 4.78 is 12.3. The van der Waals surface area contributed by atoms with Crippen molar-refractivity contribution in [3.8, 4) is 17.4 Å². The summed E-state index contributed by atoms with van der Waals surface area (Å²) in [5, 5.41) is 7.24. The number of thiazole rings is 1. The van der Waals surface area contributed by atoms with E-state index in [1.807, 2.05) is 25.3 Å². The minimum Gasteiger partial charge on any atom is -0.463 e. The van der Waals surface area contributed by atoms with E-state index in [0.717, 1.165) is 10.7 Å². The maximum atomic E-state index is 13.3. The molecule has 4 rings (SSSR count). The van der Waals surface area contributed by atoms with Gasteiger partial charge in [0.15, 0.2) is 5.76 Å². The molecular formula is C21H22N6O3S. The van der Waals surface area contributed by atoms with Crippen LogP contribution in [0.1, 0.15) is 39.7 Å². The van der Waals surface area contributed by atoms with Crippen LogP contribution < -0.4 is 0 Å². The molecular weight excluding hydrogens is 416 g/mol. The lowest BCUT2D eigenvalue weighted by Gasteiger charge is -2.23. The van der Waals surface area contributed by atoms with E-state index in [2.05, 4.69) is 20.1 Å². The van der Waals surface area contributed by atoms with E-state index in [4.69, 9.17) is 9.15 Å². The number of furan rings is 1. The van der Waals surface area contributed by atoms with Crippen LogP contribution in [0.2, 0.25) is 0 Å². The van der Waals surface area contributed by atoms with Crippen molar-refractivity contribution in [2.75, 3.05) is 14.2 Å². The fourth-order valence-corrected chi connectivity index (χ4v) is 4.00. The predicted octanol–water partition coefficient (Wildman–Crippen LogP) is 3.67. The lowest BCUT2D eigenvalue weighted by Crippen LogP contribution is -2.30. The molecule has 0 radical (unpaired) electrons. The lowest BCUT2D eigenvalue weighted by atomic mass is 10.2. The molecule has 0 aliphatic rings. The number of hydrogen-bond acceptors (Lipinski definition) is 8. The second-order valence-electron chi connectivity index (χ2n) is 6.99. The van der Waals surface area contributed by atoms with Gasteiger partial charge in [0.2, 0.25) is 0 Å². The van der Waals surface area contributed by atoms with Gasteiger partial charge in [-0.3, -0.25) is 4.79 Å². The summed E-state index contributed by atoms with van der Waals surface area (Å²) in [6.45, 7) is 4.06. The van der Waals surface area contributed by atoms with Gasteiger partial charge in [-0.2, -0.15) is 9.78 Å². The second kappa shape index (κ2) is 8.78. The number of carbonyl (C=O) groups is 1. The van der Waals surface area contributed by atoms with Gasteiger partial charge in [0.25, 0.3) is 11.9 Å². The van der Waals surface area contributed by atoms with Gasteiger partial charge < -0.3 is 14.1 Å². The molecule has 0 N–H and O–H groups in total. The van der Waals surface area contributed by atoms with Gasteiger partial charge in [-0.25, -0.2) is 15.0 Å². The molecule has 0 unspecified atom stereocenters. The number of aromatic nitrogens is 5. The Labute approximate surface area is 183 Å². The summed E-state index contributed by atoms with van der Waals surface area (Å²) >= 11 is 1.54. The molecule has 0 aromatic carbocycles. The van der Waals surface area contributed by atoms with Crippen molar-refractivity contribution in [1.29, 1.82) is 0 Å². The average molecular weight is 439 g/mol. The number of amides is 1. The van der Waals surface area contributed by atoms with Gasteiger partial charge in [0.1, 0.15) is 10.7 Å². The first kappa shape index (κ1) is 20.9. The summed E-state index contributed by atoms with van der Waals surface area (Å²) in [5.74, 6) is 0.764. The third-order valence-electron chi connectivity index (χ3n) is 4.88. The van der Waals surface area contributed by atoms with Crippen LogP contribution >= 0.6 is 11.3 Å². The quantitative estimate of drug-likeness (QED) is 0.434. The summed E-state index contributed by atoms with van der Waals surface area (Å²) in [6.07, 6.45) is 4.73. The molecule has 0 fully saturated rings. The van der Waals surface area contributed by atoms with Crippen LogP contribution in [0.25, 0.3) is 17.4 Å². The number of aryl methyl sites for hydroxylation is 1. The summed E-state index contributed by atoms with van der Waals surface area (Å²) in [4.78, 5) is 28.3. The molecule has 0 aliphatic carbocycles. The highest BCUT2D eigenvalue weighted by atomic mass is 32.1. The summed E-state index contributed by atoms with van der Waals surface area (Å²) in [5.41, 5.74) is 2.55. The first-order chi connectivity index (χ1) is 15.0. The van der Waals surface area contributed by atoms with Gasteiger partial charge >= 0.3 is 0 Å². The van der Waals surface area contributed by atoms with Crippen LogP contribution in [0.15, 0.2) is 46.7 Å². The molecule has 1 atom stereocenters. The molecule has 9 nitrogen and oxygen atoms in total. The molecule has 4 aromatic heterocycles. The highest BCUT2D eigenvalue weighted by Crippen LogP contribution is 2.26. The third-order valence-corrected chi connectivity index (χ3v) is 6.01. The van der Waals surface area contributed by atoms with Crippen LogP contribution in [-0.4, -0.2) is 49.7 Å². The van der Waals surface area contributed by atoms with Crippen LogP contribution in [0.4, 0.5) is 0 Å². The molecule has 10 heteroatoms. The van der Waals surface area contributed by atoms with E-state index in [1.54, 1.807) is 43.7 Å². The van der Waals surface area contributed by atoms with E-state index in [1.165, 1.54) is 22.2 Å². The number of hydrogen-bond donors (Lipinski definition) is 0. The molecule has 160 valence electrons. The Morgan fingerprint density at radius 1 is 1.35 bits per heavy atom. The fraction of sp³-hybridized carbons (Fsp3) is 0.286. The van der Waals surface area contributed by atoms with Gasteiger partial charge in [-0.1, -0.05) is 0 Å². The zero-order chi connectivity index (χ0) is 22.0. The monoisotopic (exact) mass is 438 g/mol. The van der Waals surface area contributed by atoms with Crippen molar-refractivity contribution >= 4 is 17.2 Å². The van der Waals surface area contributed by atoms with E-state index < -0.39 is 0 Å². The van der Waals surface area contributed by atoms with Gasteiger partial charge in [0, 0.05) is 31.4 Å². The van der Waals surface area contributed by atoms with Gasteiger partial charge in [-0.05, 0) is 32.0 Å². The Bertz CT molecular complexity index is 1180. The second-order valence-corrected chi connectivity index (χ2v) is 7.88. The Morgan fingerprint density at radius 2 is 2.19 bits per heavy atom. The minimum absolute atomic E-state index is 0.175. The fourth-order valence-electron chi connectivity index (χ4n) is 3.11. The highest BCUT2D eigenvalue weighted by molar-refractivity contribution is 7.09. The average Bonchev–Trinajstić information content (AvgIpc) is 3.54.